The third kappa shape index (κ3) is 3.16. The highest BCUT2D eigenvalue weighted by Gasteiger charge is 2.36. The second-order valence-corrected chi connectivity index (χ2v) is 6.41. The summed E-state index contributed by atoms with van der Waals surface area (Å²) in [5, 5.41) is 7.62. The summed E-state index contributed by atoms with van der Waals surface area (Å²) in [7, 11) is 0. The Hall–Kier alpha value is -1.73. The normalized spacial score (nSPS) is 24.4. The van der Waals surface area contributed by atoms with Crippen molar-refractivity contribution in [2.75, 3.05) is 13.2 Å². The molecule has 0 amide bonds. The third-order valence-electron chi connectivity index (χ3n) is 4.71. The molecule has 23 heavy (non-hydrogen) atoms. The number of hydrogen-bond acceptors (Lipinski definition) is 6. The fraction of sp³-hybridized carbons (Fsp3) is 0.688. The van der Waals surface area contributed by atoms with Gasteiger partial charge in [-0.05, 0) is 26.2 Å². The predicted molar refractivity (Wildman–Crippen MR) is 82.7 cm³/mol. The zero-order chi connectivity index (χ0) is 15.6. The van der Waals surface area contributed by atoms with Crippen LogP contribution in [0.5, 0.6) is 0 Å². The number of imidazole rings is 1. The van der Waals surface area contributed by atoms with Crippen molar-refractivity contribution in [3.05, 3.63) is 29.9 Å². The van der Waals surface area contributed by atoms with Crippen molar-refractivity contribution in [2.45, 2.75) is 51.3 Å². The molecule has 0 unspecified atom stereocenters. The Balaban J connectivity index is 1.34. The van der Waals surface area contributed by atoms with Crippen molar-refractivity contribution in [3.8, 4) is 0 Å². The van der Waals surface area contributed by atoms with Gasteiger partial charge in [-0.2, -0.15) is 4.98 Å². The van der Waals surface area contributed by atoms with E-state index in [9.17, 15) is 0 Å². The van der Waals surface area contributed by atoms with Crippen molar-refractivity contribution in [3.63, 3.8) is 0 Å². The van der Waals surface area contributed by atoms with Gasteiger partial charge in [0.1, 0.15) is 6.10 Å². The van der Waals surface area contributed by atoms with Gasteiger partial charge >= 0.3 is 0 Å². The summed E-state index contributed by atoms with van der Waals surface area (Å²) in [6, 6.07) is 0. The van der Waals surface area contributed by atoms with Crippen LogP contribution < -0.4 is 5.32 Å². The number of aryl methyl sites for hydroxylation is 1. The van der Waals surface area contributed by atoms with E-state index in [2.05, 4.69) is 31.9 Å². The maximum Gasteiger partial charge on any atom is 0.256 e. The van der Waals surface area contributed by atoms with Gasteiger partial charge in [0.05, 0.1) is 12.0 Å². The maximum absolute atomic E-state index is 5.84. The highest BCUT2D eigenvalue weighted by Crippen LogP contribution is 2.40. The lowest BCUT2D eigenvalue weighted by atomic mass is 10.0. The van der Waals surface area contributed by atoms with Gasteiger partial charge in [-0.15, -0.1) is 0 Å². The van der Waals surface area contributed by atoms with Gasteiger partial charge in [-0.1, -0.05) is 5.16 Å². The first-order valence-electron chi connectivity index (χ1n) is 8.50. The van der Waals surface area contributed by atoms with E-state index in [1.165, 1.54) is 18.5 Å². The molecule has 2 aromatic heterocycles. The summed E-state index contributed by atoms with van der Waals surface area (Å²) in [6.45, 7) is 5.51. The molecule has 1 aliphatic carbocycles. The molecule has 0 spiro atoms. The first-order chi connectivity index (χ1) is 11.3. The van der Waals surface area contributed by atoms with Crippen LogP contribution in [0.1, 0.15) is 55.6 Å². The van der Waals surface area contributed by atoms with Crippen LogP contribution in [0.25, 0.3) is 0 Å². The summed E-state index contributed by atoms with van der Waals surface area (Å²) < 4.78 is 13.4. The van der Waals surface area contributed by atoms with Crippen molar-refractivity contribution in [2.24, 2.45) is 5.92 Å². The number of ether oxygens (including phenoxy) is 1. The topological polar surface area (TPSA) is 78.0 Å². The number of nitrogens with one attached hydrogen (secondary N) is 1. The van der Waals surface area contributed by atoms with Crippen LogP contribution in [0.3, 0.4) is 0 Å². The van der Waals surface area contributed by atoms with Gasteiger partial charge in [0.15, 0.2) is 5.82 Å². The molecule has 0 aromatic carbocycles. The fourth-order valence-corrected chi connectivity index (χ4v) is 3.15. The van der Waals surface area contributed by atoms with Crippen molar-refractivity contribution >= 4 is 0 Å². The summed E-state index contributed by atoms with van der Waals surface area (Å²) in [4.78, 5) is 8.74. The zero-order valence-corrected chi connectivity index (χ0v) is 13.4. The smallest absolute Gasteiger partial charge is 0.256 e. The maximum atomic E-state index is 5.84. The molecule has 1 aliphatic heterocycles. The molecular formula is C16H23N5O2. The Morgan fingerprint density at radius 1 is 1.35 bits per heavy atom. The lowest BCUT2D eigenvalue weighted by molar-refractivity contribution is 0.0623. The minimum absolute atomic E-state index is 0.0708. The monoisotopic (exact) mass is 317 g/mol. The molecule has 2 aliphatic rings. The largest absolute Gasteiger partial charge is 0.368 e. The zero-order valence-electron chi connectivity index (χ0n) is 13.4. The van der Waals surface area contributed by atoms with Crippen LogP contribution in [0.2, 0.25) is 0 Å². The minimum Gasteiger partial charge on any atom is -0.368 e. The van der Waals surface area contributed by atoms with Crippen molar-refractivity contribution in [1.82, 2.24) is 25.0 Å². The molecule has 2 atom stereocenters. The van der Waals surface area contributed by atoms with Crippen LogP contribution in [0.15, 0.2) is 17.0 Å². The van der Waals surface area contributed by atoms with E-state index in [0.29, 0.717) is 17.7 Å². The minimum atomic E-state index is -0.0708. The Bertz CT molecular complexity index is 648. The quantitative estimate of drug-likeness (QED) is 0.842. The van der Waals surface area contributed by atoms with E-state index in [-0.39, 0.29) is 6.10 Å². The molecule has 4 rings (SSSR count). The van der Waals surface area contributed by atoms with E-state index in [0.717, 1.165) is 38.5 Å². The molecule has 7 nitrogen and oxygen atoms in total. The fourth-order valence-electron chi connectivity index (χ4n) is 3.15. The van der Waals surface area contributed by atoms with Gasteiger partial charge in [-0.25, -0.2) is 4.98 Å². The van der Waals surface area contributed by atoms with Crippen LogP contribution >= 0.6 is 0 Å². The van der Waals surface area contributed by atoms with E-state index in [1.807, 2.05) is 12.5 Å². The summed E-state index contributed by atoms with van der Waals surface area (Å²) in [6.07, 6.45) is 7.10. The van der Waals surface area contributed by atoms with Gasteiger partial charge in [0.2, 0.25) is 0 Å². The standard InChI is InChI=1S/C16H23N5O2/c1-2-21-10-18-9-13(21)8-17-7-12-5-6-22-14(12)16-19-15(20-23-16)11-3-4-11/h9-12,14,17H,2-8H2,1H3/t12-,14-/m0/s1. The molecule has 124 valence electrons. The molecule has 1 N–H and O–H groups in total. The molecule has 7 heteroatoms. The van der Waals surface area contributed by atoms with Gasteiger partial charge in [0, 0.05) is 44.3 Å². The van der Waals surface area contributed by atoms with Crippen LogP contribution in [0.4, 0.5) is 0 Å². The number of hydrogen-bond donors (Lipinski definition) is 1. The first-order valence-corrected chi connectivity index (χ1v) is 8.50. The second-order valence-electron chi connectivity index (χ2n) is 6.41. The average Bonchev–Trinajstić information content (AvgIpc) is 2.99. The molecule has 2 aromatic rings. The summed E-state index contributed by atoms with van der Waals surface area (Å²) in [5.41, 5.74) is 1.21. The van der Waals surface area contributed by atoms with Gasteiger partial charge in [0.25, 0.3) is 5.89 Å². The molecular weight excluding hydrogens is 294 g/mol. The molecule has 0 radical (unpaired) electrons. The Morgan fingerprint density at radius 3 is 3.09 bits per heavy atom. The van der Waals surface area contributed by atoms with E-state index in [1.54, 1.807) is 0 Å². The molecule has 1 saturated carbocycles. The molecule has 0 bridgehead atoms. The van der Waals surface area contributed by atoms with Crippen molar-refractivity contribution in [1.29, 1.82) is 0 Å². The number of nitrogens with zero attached hydrogens (tertiary/aromatic N) is 4. The highest BCUT2D eigenvalue weighted by atomic mass is 16.5. The van der Waals surface area contributed by atoms with E-state index >= 15 is 0 Å². The second kappa shape index (κ2) is 6.41. The van der Waals surface area contributed by atoms with Crippen molar-refractivity contribution < 1.29 is 9.26 Å². The summed E-state index contributed by atoms with van der Waals surface area (Å²) >= 11 is 0. The Labute approximate surface area is 135 Å². The Morgan fingerprint density at radius 2 is 2.26 bits per heavy atom. The van der Waals surface area contributed by atoms with Crippen LogP contribution in [0, 0.1) is 5.92 Å². The highest BCUT2D eigenvalue weighted by molar-refractivity contribution is 5.05. The third-order valence-corrected chi connectivity index (χ3v) is 4.71. The molecule has 1 saturated heterocycles. The van der Waals surface area contributed by atoms with Gasteiger partial charge < -0.3 is 19.1 Å². The van der Waals surface area contributed by atoms with E-state index in [4.69, 9.17) is 9.26 Å². The first kappa shape index (κ1) is 14.8. The predicted octanol–water partition coefficient (Wildman–Crippen LogP) is 2.03. The lowest BCUT2D eigenvalue weighted by Crippen LogP contribution is -2.25. The van der Waals surface area contributed by atoms with Crippen LogP contribution in [-0.4, -0.2) is 32.8 Å². The Kier molecular flexibility index (Phi) is 4.13. The SMILES string of the molecule is CCn1cncc1CNC[C@@H]1CCO[C@@H]1c1nc(C2CC2)no1. The molecule has 2 fully saturated rings. The van der Waals surface area contributed by atoms with Gasteiger partial charge in [-0.3, -0.25) is 0 Å². The van der Waals surface area contributed by atoms with E-state index < -0.39 is 0 Å². The van der Waals surface area contributed by atoms with Crippen LogP contribution in [-0.2, 0) is 17.8 Å². The number of aromatic nitrogens is 4. The lowest BCUT2D eigenvalue weighted by Gasteiger charge is -2.16. The number of rotatable bonds is 7. The summed E-state index contributed by atoms with van der Waals surface area (Å²) in [5.74, 6) is 2.39. The molecule has 3 heterocycles. The average molecular weight is 317 g/mol.